The van der Waals surface area contributed by atoms with Crippen LogP contribution in [0.15, 0.2) is 0 Å². The molecule has 2 N–H and O–H groups in total. The van der Waals surface area contributed by atoms with Gasteiger partial charge in [-0.3, -0.25) is 4.90 Å². The number of likely N-dealkylation sites (N-methyl/N-ethyl adjacent to an activating group) is 1. The van der Waals surface area contributed by atoms with Crippen LogP contribution in [0.25, 0.3) is 0 Å². The van der Waals surface area contributed by atoms with E-state index in [-0.39, 0.29) is 23.6 Å². The zero-order valence-corrected chi connectivity index (χ0v) is 11.1. The quantitative estimate of drug-likeness (QED) is 0.750. The maximum atomic E-state index is 11.4. The summed E-state index contributed by atoms with van der Waals surface area (Å²) in [5.41, 5.74) is 5.86. The van der Waals surface area contributed by atoms with Crippen molar-refractivity contribution in [3.05, 3.63) is 0 Å². The van der Waals surface area contributed by atoms with Gasteiger partial charge in [-0.2, -0.15) is 11.8 Å². The molecule has 0 aliphatic carbocycles. The summed E-state index contributed by atoms with van der Waals surface area (Å²) in [4.78, 5) is 2.10. The third kappa shape index (κ3) is 3.34. The molecule has 0 aromatic heterocycles. The van der Waals surface area contributed by atoms with Gasteiger partial charge in [-0.1, -0.05) is 0 Å². The van der Waals surface area contributed by atoms with Gasteiger partial charge in [-0.05, 0) is 20.2 Å². The smallest absolute Gasteiger partial charge is 0.153 e. The van der Waals surface area contributed by atoms with Crippen molar-refractivity contribution in [2.45, 2.75) is 25.0 Å². The highest BCUT2D eigenvalue weighted by molar-refractivity contribution is 7.98. The average Bonchev–Trinajstić information content (AvgIpc) is 2.39. The Hall–Kier alpha value is 0.220. The monoisotopic (exact) mass is 252 g/mol. The van der Waals surface area contributed by atoms with E-state index in [0.29, 0.717) is 6.04 Å². The Morgan fingerprint density at radius 1 is 1.53 bits per heavy atom. The number of sulfone groups is 1. The number of thioether (sulfide) groups is 1. The van der Waals surface area contributed by atoms with Crippen LogP contribution in [-0.4, -0.2) is 62.0 Å². The summed E-state index contributed by atoms with van der Waals surface area (Å²) in [6, 6.07) is 0.116. The second-order valence-corrected chi connectivity index (χ2v) is 7.34. The third-order valence-electron chi connectivity index (χ3n) is 2.99. The van der Waals surface area contributed by atoms with E-state index in [1.165, 1.54) is 0 Å². The summed E-state index contributed by atoms with van der Waals surface area (Å²) in [6.45, 7) is 2.11. The Morgan fingerprint density at radius 3 is 2.53 bits per heavy atom. The topological polar surface area (TPSA) is 63.4 Å². The van der Waals surface area contributed by atoms with Crippen LogP contribution in [0.4, 0.5) is 0 Å². The van der Waals surface area contributed by atoms with Crippen LogP contribution < -0.4 is 5.73 Å². The fourth-order valence-corrected chi connectivity index (χ4v) is 4.63. The van der Waals surface area contributed by atoms with Gasteiger partial charge in [0.1, 0.15) is 0 Å². The summed E-state index contributed by atoms with van der Waals surface area (Å²) < 4.78 is 22.8. The van der Waals surface area contributed by atoms with E-state index < -0.39 is 9.84 Å². The first kappa shape index (κ1) is 13.3. The normalized spacial score (nSPS) is 32.1. The molecule has 3 unspecified atom stereocenters. The second kappa shape index (κ2) is 5.03. The van der Waals surface area contributed by atoms with Crippen molar-refractivity contribution in [1.29, 1.82) is 0 Å². The van der Waals surface area contributed by atoms with E-state index in [1.54, 1.807) is 11.8 Å². The van der Waals surface area contributed by atoms with Gasteiger partial charge in [-0.15, -0.1) is 0 Å². The van der Waals surface area contributed by atoms with E-state index in [1.807, 2.05) is 7.05 Å². The standard InChI is InChI=1S/C9H20N2O2S2/c1-7(4-14-3)11(2)9-6-15(12,13)5-8(9)10/h7-9H,4-6,10H2,1-3H3. The highest BCUT2D eigenvalue weighted by Crippen LogP contribution is 2.18. The fourth-order valence-electron chi connectivity index (χ4n) is 1.96. The molecular weight excluding hydrogens is 232 g/mol. The van der Waals surface area contributed by atoms with Crippen molar-refractivity contribution in [3.63, 3.8) is 0 Å². The first-order valence-electron chi connectivity index (χ1n) is 5.04. The predicted molar refractivity (Wildman–Crippen MR) is 66.0 cm³/mol. The SMILES string of the molecule is CSCC(C)N(C)C1CS(=O)(=O)CC1N. The number of nitrogens with zero attached hydrogens (tertiary/aromatic N) is 1. The molecular formula is C9H20N2O2S2. The van der Waals surface area contributed by atoms with Crippen molar-refractivity contribution in [3.8, 4) is 0 Å². The molecule has 1 saturated heterocycles. The van der Waals surface area contributed by atoms with E-state index in [0.717, 1.165) is 5.75 Å². The number of hydrogen-bond donors (Lipinski definition) is 1. The van der Waals surface area contributed by atoms with Crippen LogP contribution in [0.5, 0.6) is 0 Å². The van der Waals surface area contributed by atoms with Gasteiger partial charge in [0.15, 0.2) is 9.84 Å². The van der Waals surface area contributed by atoms with Crippen LogP contribution in [0, 0.1) is 0 Å². The molecule has 90 valence electrons. The second-order valence-electron chi connectivity index (χ2n) is 4.28. The summed E-state index contributed by atoms with van der Waals surface area (Å²) in [5.74, 6) is 1.34. The van der Waals surface area contributed by atoms with Gasteiger partial charge < -0.3 is 5.73 Å². The molecule has 6 heteroatoms. The van der Waals surface area contributed by atoms with Gasteiger partial charge in [0.25, 0.3) is 0 Å². The fraction of sp³-hybridized carbons (Fsp3) is 1.00. The third-order valence-corrected chi connectivity index (χ3v) is 5.55. The highest BCUT2D eigenvalue weighted by atomic mass is 32.2. The van der Waals surface area contributed by atoms with Crippen molar-refractivity contribution in [2.24, 2.45) is 5.73 Å². The summed E-state index contributed by atoms with van der Waals surface area (Å²) in [7, 11) is -0.947. The molecule has 15 heavy (non-hydrogen) atoms. The molecule has 1 fully saturated rings. The molecule has 1 heterocycles. The van der Waals surface area contributed by atoms with E-state index in [2.05, 4.69) is 18.1 Å². The molecule has 0 aromatic rings. The van der Waals surface area contributed by atoms with Crippen molar-refractivity contribution in [1.82, 2.24) is 4.90 Å². The van der Waals surface area contributed by atoms with Gasteiger partial charge in [0.2, 0.25) is 0 Å². The zero-order valence-electron chi connectivity index (χ0n) is 9.51. The molecule has 0 saturated carbocycles. The number of nitrogens with two attached hydrogens (primary N) is 1. The minimum atomic E-state index is -2.91. The van der Waals surface area contributed by atoms with E-state index >= 15 is 0 Å². The lowest BCUT2D eigenvalue weighted by Gasteiger charge is -2.31. The number of hydrogen-bond acceptors (Lipinski definition) is 5. The number of rotatable bonds is 4. The average molecular weight is 252 g/mol. The van der Waals surface area contributed by atoms with Crippen molar-refractivity contribution in [2.75, 3.05) is 30.6 Å². The van der Waals surface area contributed by atoms with Gasteiger partial charge in [0, 0.05) is 23.9 Å². The molecule has 1 rings (SSSR count). The lowest BCUT2D eigenvalue weighted by Crippen LogP contribution is -2.49. The maximum Gasteiger partial charge on any atom is 0.153 e. The zero-order chi connectivity index (χ0) is 11.6. The maximum absolute atomic E-state index is 11.4. The lowest BCUT2D eigenvalue weighted by atomic mass is 10.1. The van der Waals surface area contributed by atoms with Crippen molar-refractivity contribution < 1.29 is 8.42 Å². The minimum Gasteiger partial charge on any atom is -0.325 e. The molecule has 0 amide bonds. The molecule has 4 nitrogen and oxygen atoms in total. The molecule has 1 aliphatic rings. The lowest BCUT2D eigenvalue weighted by molar-refractivity contribution is 0.201. The van der Waals surface area contributed by atoms with Crippen LogP contribution in [0.3, 0.4) is 0 Å². The van der Waals surface area contributed by atoms with E-state index in [4.69, 9.17) is 5.73 Å². The Balaban J connectivity index is 2.64. The van der Waals surface area contributed by atoms with Crippen LogP contribution in [-0.2, 0) is 9.84 Å². The Bertz CT molecular complexity index is 305. The summed E-state index contributed by atoms with van der Waals surface area (Å²) >= 11 is 1.77. The molecule has 3 atom stereocenters. The largest absolute Gasteiger partial charge is 0.325 e. The first-order chi connectivity index (χ1) is 6.87. The van der Waals surface area contributed by atoms with Gasteiger partial charge in [0.05, 0.1) is 11.5 Å². The summed E-state index contributed by atoms with van der Waals surface area (Å²) in [6.07, 6.45) is 2.05. The van der Waals surface area contributed by atoms with Gasteiger partial charge >= 0.3 is 0 Å². The molecule has 0 radical (unpaired) electrons. The molecule has 0 aromatic carbocycles. The van der Waals surface area contributed by atoms with Crippen LogP contribution in [0.2, 0.25) is 0 Å². The van der Waals surface area contributed by atoms with Crippen LogP contribution >= 0.6 is 11.8 Å². The van der Waals surface area contributed by atoms with Gasteiger partial charge in [-0.25, -0.2) is 8.42 Å². The Labute approximate surface area is 96.5 Å². The first-order valence-corrected chi connectivity index (χ1v) is 8.26. The molecule has 0 bridgehead atoms. The molecule has 0 spiro atoms. The highest BCUT2D eigenvalue weighted by Gasteiger charge is 2.38. The predicted octanol–water partition coefficient (Wildman–Crippen LogP) is -0.206. The van der Waals surface area contributed by atoms with E-state index in [9.17, 15) is 8.42 Å². The van der Waals surface area contributed by atoms with Crippen molar-refractivity contribution >= 4 is 21.6 Å². The Morgan fingerprint density at radius 2 is 2.13 bits per heavy atom. The molecule has 1 aliphatic heterocycles. The summed E-state index contributed by atoms with van der Waals surface area (Å²) in [5, 5.41) is 0. The Kier molecular flexibility index (Phi) is 4.46. The van der Waals surface area contributed by atoms with Crippen LogP contribution in [0.1, 0.15) is 6.92 Å². The minimum absolute atomic E-state index is 0.0165.